The summed E-state index contributed by atoms with van der Waals surface area (Å²) in [5.74, 6) is -1.67. The Bertz CT molecular complexity index is 595. The standard InChI is InChI=1S/C14H16N4O2/c1-19-14(20-2)13(8-16)10-5-3-9(4-6-10)12(13,7-15)11(17)18-14/h3,5,9-10H,4,6H2,1-2H3,(H2,17,18)/t9-,10-,12+,13+/m1/s1. The van der Waals surface area contributed by atoms with Crippen molar-refractivity contribution in [2.75, 3.05) is 14.2 Å². The summed E-state index contributed by atoms with van der Waals surface area (Å²) in [4.78, 5) is 4.29. The third kappa shape index (κ3) is 0.985. The van der Waals surface area contributed by atoms with Gasteiger partial charge in [0.1, 0.15) is 11.3 Å². The van der Waals surface area contributed by atoms with E-state index in [2.05, 4.69) is 17.1 Å². The fourth-order valence-electron chi connectivity index (χ4n) is 4.30. The minimum Gasteiger partial charge on any atom is -0.386 e. The van der Waals surface area contributed by atoms with Gasteiger partial charge in [-0.1, -0.05) is 12.2 Å². The molecular weight excluding hydrogens is 256 g/mol. The van der Waals surface area contributed by atoms with E-state index in [1.165, 1.54) is 14.2 Å². The second kappa shape index (κ2) is 3.82. The highest BCUT2D eigenvalue weighted by Gasteiger charge is 2.79. The van der Waals surface area contributed by atoms with E-state index >= 15 is 0 Å². The number of hydrogen-bond acceptors (Lipinski definition) is 6. The molecule has 0 unspecified atom stereocenters. The average Bonchev–Trinajstić information content (AvgIpc) is 2.76. The Kier molecular flexibility index (Phi) is 2.50. The monoisotopic (exact) mass is 272 g/mol. The number of hydrogen-bond donors (Lipinski definition) is 1. The van der Waals surface area contributed by atoms with Crippen molar-refractivity contribution in [2.24, 2.45) is 33.4 Å². The van der Waals surface area contributed by atoms with Crippen LogP contribution < -0.4 is 5.73 Å². The summed E-state index contributed by atoms with van der Waals surface area (Å²) < 4.78 is 10.9. The number of fused-ring (bicyclic) bond motifs is 1. The maximum absolute atomic E-state index is 9.96. The van der Waals surface area contributed by atoms with Gasteiger partial charge in [0.25, 0.3) is 5.91 Å². The summed E-state index contributed by atoms with van der Waals surface area (Å²) in [6.45, 7) is 0. The Morgan fingerprint density at radius 2 is 1.80 bits per heavy atom. The molecule has 1 aliphatic heterocycles. The topological polar surface area (TPSA) is 104 Å². The van der Waals surface area contributed by atoms with Gasteiger partial charge in [-0.3, -0.25) is 0 Å². The van der Waals surface area contributed by atoms with Crippen molar-refractivity contribution < 1.29 is 9.47 Å². The molecular formula is C14H16N4O2. The minimum atomic E-state index is -1.52. The molecule has 1 fully saturated rings. The van der Waals surface area contributed by atoms with Crippen LogP contribution in [-0.2, 0) is 9.47 Å². The molecule has 6 nitrogen and oxygen atoms in total. The van der Waals surface area contributed by atoms with E-state index in [0.717, 1.165) is 12.8 Å². The Morgan fingerprint density at radius 3 is 2.25 bits per heavy atom. The molecule has 4 rings (SSSR count). The minimum absolute atomic E-state index is 0.131. The van der Waals surface area contributed by atoms with Crippen LogP contribution in [0.4, 0.5) is 0 Å². The molecule has 1 saturated carbocycles. The van der Waals surface area contributed by atoms with E-state index in [-0.39, 0.29) is 17.7 Å². The maximum Gasteiger partial charge on any atom is 0.292 e. The molecule has 0 amide bonds. The summed E-state index contributed by atoms with van der Waals surface area (Å²) in [5.41, 5.74) is 3.68. The molecule has 20 heavy (non-hydrogen) atoms. The molecule has 3 aliphatic carbocycles. The highest BCUT2D eigenvalue weighted by atomic mass is 16.7. The maximum atomic E-state index is 9.96. The Balaban J connectivity index is 2.37. The lowest BCUT2D eigenvalue weighted by Gasteiger charge is -2.55. The lowest BCUT2D eigenvalue weighted by molar-refractivity contribution is -0.280. The van der Waals surface area contributed by atoms with Crippen molar-refractivity contribution in [3.63, 3.8) is 0 Å². The summed E-state index contributed by atoms with van der Waals surface area (Å²) in [6.07, 6.45) is 5.58. The van der Waals surface area contributed by atoms with E-state index in [1.54, 1.807) is 0 Å². The first-order chi connectivity index (χ1) is 9.58. The molecule has 0 aromatic carbocycles. The second-order valence-electron chi connectivity index (χ2n) is 5.50. The fraction of sp³-hybridized carbons (Fsp3) is 0.643. The molecule has 1 heterocycles. The van der Waals surface area contributed by atoms with Crippen molar-refractivity contribution in [1.29, 1.82) is 10.5 Å². The third-order valence-electron chi connectivity index (χ3n) is 5.17. The Labute approximate surface area is 117 Å². The van der Waals surface area contributed by atoms with Crippen LogP contribution in [0.25, 0.3) is 0 Å². The molecule has 2 N–H and O–H groups in total. The molecule has 2 bridgehead atoms. The lowest BCUT2D eigenvalue weighted by atomic mass is 9.45. The molecule has 0 saturated heterocycles. The number of nitrogens with two attached hydrogens (primary N) is 1. The number of nitrogens with zero attached hydrogens (tertiary/aromatic N) is 3. The predicted octanol–water partition coefficient (Wildman–Crippen LogP) is 0.920. The number of ether oxygens (including phenoxy) is 2. The molecule has 4 atom stereocenters. The van der Waals surface area contributed by atoms with Gasteiger partial charge in [0.05, 0.1) is 12.1 Å². The van der Waals surface area contributed by atoms with Crippen molar-refractivity contribution >= 4 is 5.84 Å². The Hall–Kier alpha value is -1.89. The number of nitriles is 2. The van der Waals surface area contributed by atoms with Gasteiger partial charge < -0.3 is 15.2 Å². The van der Waals surface area contributed by atoms with Crippen LogP contribution >= 0.6 is 0 Å². The van der Waals surface area contributed by atoms with Crippen molar-refractivity contribution in [1.82, 2.24) is 0 Å². The Morgan fingerprint density at radius 1 is 1.20 bits per heavy atom. The molecule has 0 aromatic rings. The van der Waals surface area contributed by atoms with Crippen molar-refractivity contribution in [3.05, 3.63) is 12.2 Å². The average molecular weight is 272 g/mol. The second-order valence-corrected chi connectivity index (χ2v) is 5.50. The molecule has 0 radical (unpaired) electrons. The molecule has 4 aliphatic rings. The van der Waals surface area contributed by atoms with E-state index in [0.29, 0.717) is 0 Å². The van der Waals surface area contributed by atoms with E-state index in [9.17, 15) is 10.5 Å². The number of methoxy groups -OCH3 is 2. The summed E-state index contributed by atoms with van der Waals surface area (Å²) >= 11 is 0. The largest absolute Gasteiger partial charge is 0.386 e. The molecule has 0 aromatic heterocycles. The van der Waals surface area contributed by atoms with Gasteiger partial charge in [0.15, 0.2) is 5.41 Å². The first kappa shape index (κ1) is 13.1. The van der Waals surface area contributed by atoms with Crippen molar-refractivity contribution in [2.45, 2.75) is 18.8 Å². The number of amidine groups is 1. The lowest BCUT2D eigenvalue weighted by Crippen LogP contribution is -2.65. The van der Waals surface area contributed by atoms with Crippen LogP contribution in [0.5, 0.6) is 0 Å². The van der Waals surface area contributed by atoms with Crippen LogP contribution in [0, 0.1) is 45.3 Å². The molecule has 104 valence electrons. The van der Waals surface area contributed by atoms with Gasteiger partial charge in [-0.05, 0) is 12.8 Å². The van der Waals surface area contributed by atoms with Gasteiger partial charge in [0.2, 0.25) is 0 Å². The smallest absolute Gasteiger partial charge is 0.292 e. The zero-order chi connectivity index (χ0) is 14.6. The predicted molar refractivity (Wildman–Crippen MR) is 69.8 cm³/mol. The highest BCUT2D eigenvalue weighted by Crippen LogP contribution is 2.68. The highest BCUT2D eigenvalue weighted by molar-refractivity contribution is 5.94. The van der Waals surface area contributed by atoms with Crippen LogP contribution in [0.15, 0.2) is 17.1 Å². The van der Waals surface area contributed by atoms with Crippen LogP contribution in [0.3, 0.4) is 0 Å². The van der Waals surface area contributed by atoms with Gasteiger partial charge in [-0.2, -0.15) is 10.5 Å². The van der Waals surface area contributed by atoms with E-state index < -0.39 is 16.7 Å². The van der Waals surface area contributed by atoms with Gasteiger partial charge in [-0.25, -0.2) is 4.99 Å². The summed E-state index contributed by atoms with van der Waals surface area (Å²) in [6, 6.07) is 4.59. The normalized spacial score (nSPS) is 43.5. The first-order valence-corrected chi connectivity index (χ1v) is 6.55. The van der Waals surface area contributed by atoms with Crippen LogP contribution in [0.2, 0.25) is 0 Å². The summed E-state index contributed by atoms with van der Waals surface area (Å²) in [5, 5.41) is 19.8. The van der Waals surface area contributed by atoms with Crippen LogP contribution in [0.1, 0.15) is 12.8 Å². The fourth-order valence-corrected chi connectivity index (χ4v) is 4.30. The third-order valence-corrected chi connectivity index (χ3v) is 5.17. The summed E-state index contributed by atoms with van der Waals surface area (Å²) in [7, 11) is 2.86. The van der Waals surface area contributed by atoms with E-state index in [1.807, 2.05) is 12.2 Å². The number of allylic oxidation sites excluding steroid dienone is 2. The molecule has 6 heteroatoms. The molecule has 0 spiro atoms. The first-order valence-electron chi connectivity index (χ1n) is 6.55. The van der Waals surface area contributed by atoms with Crippen molar-refractivity contribution in [3.8, 4) is 12.1 Å². The zero-order valence-electron chi connectivity index (χ0n) is 11.5. The SMILES string of the molecule is COC1(OC)N=C(N)[C@]2(C#N)[C@@H]3C=C[C@H](CC3)[C@]12C#N. The van der Waals surface area contributed by atoms with Crippen LogP contribution in [-0.4, -0.2) is 26.0 Å². The van der Waals surface area contributed by atoms with Gasteiger partial charge in [-0.15, -0.1) is 0 Å². The van der Waals surface area contributed by atoms with E-state index in [4.69, 9.17) is 15.2 Å². The zero-order valence-corrected chi connectivity index (χ0v) is 11.5. The van der Waals surface area contributed by atoms with Gasteiger partial charge >= 0.3 is 0 Å². The number of aliphatic imine (C=N–C) groups is 1. The van der Waals surface area contributed by atoms with Gasteiger partial charge in [0, 0.05) is 26.1 Å². The number of rotatable bonds is 2. The quantitative estimate of drug-likeness (QED) is 0.594.